The van der Waals surface area contributed by atoms with Crippen molar-refractivity contribution in [2.45, 2.75) is 12.5 Å². The molecule has 2 N–H and O–H groups in total. The molecule has 2 aromatic rings. The number of hydrogen-bond donors (Lipinski definition) is 1. The summed E-state index contributed by atoms with van der Waals surface area (Å²) in [6, 6.07) is 17.6. The first-order chi connectivity index (χ1) is 9.29. The van der Waals surface area contributed by atoms with Crippen molar-refractivity contribution in [1.29, 1.82) is 0 Å². The minimum Gasteiger partial charge on any atom is -0.497 e. The molecular weight excluding hydrogens is 238 g/mol. The van der Waals surface area contributed by atoms with Gasteiger partial charge in [0.15, 0.2) is 0 Å². The van der Waals surface area contributed by atoms with Crippen LogP contribution in [0.2, 0.25) is 0 Å². The second kappa shape index (κ2) is 6.81. The van der Waals surface area contributed by atoms with Gasteiger partial charge in [-0.2, -0.15) is 0 Å². The molecular formula is C16H19NO2. The fourth-order valence-corrected chi connectivity index (χ4v) is 1.84. The Morgan fingerprint density at radius 1 is 0.947 bits per heavy atom. The van der Waals surface area contributed by atoms with Gasteiger partial charge in [-0.1, -0.05) is 30.3 Å². The molecule has 3 nitrogen and oxygen atoms in total. The molecule has 1 atom stereocenters. The first kappa shape index (κ1) is 13.4. The Morgan fingerprint density at radius 2 is 1.58 bits per heavy atom. The van der Waals surface area contributed by atoms with Crippen LogP contribution in [0.5, 0.6) is 11.5 Å². The molecule has 0 aliphatic rings. The molecule has 19 heavy (non-hydrogen) atoms. The molecule has 0 fully saturated rings. The lowest BCUT2D eigenvalue weighted by Gasteiger charge is -2.13. The van der Waals surface area contributed by atoms with Crippen LogP contribution in [0.1, 0.15) is 18.0 Å². The molecule has 0 saturated heterocycles. The summed E-state index contributed by atoms with van der Waals surface area (Å²) in [5.41, 5.74) is 7.24. The van der Waals surface area contributed by atoms with Crippen LogP contribution < -0.4 is 15.2 Å². The number of nitrogens with two attached hydrogens (primary N) is 1. The van der Waals surface area contributed by atoms with E-state index in [-0.39, 0.29) is 6.04 Å². The van der Waals surface area contributed by atoms with Crippen molar-refractivity contribution in [3.63, 3.8) is 0 Å². The van der Waals surface area contributed by atoms with Gasteiger partial charge in [0.05, 0.1) is 13.7 Å². The molecule has 0 spiro atoms. The van der Waals surface area contributed by atoms with Crippen molar-refractivity contribution in [1.82, 2.24) is 0 Å². The highest BCUT2D eigenvalue weighted by molar-refractivity contribution is 5.31. The molecule has 0 aromatic heterocycles. The molecule has 0 bridgehead atoms. The Balaban J connectivity index is 1.79. The summed E-state index contributed by atoms with van der Waals surface area (Å²) in [7, 11) is 1.65. The summed E-state index contributed by atoms with van der Waals surface area (Å²) in [5, 5.41) is 0. The van der Waals surface area contributed by atoms with E-state index < -0.39 is 0 Å². The molecule has 0 heterocycles. The molecule has 1 unspecified atom stereocenters. The molecule has 0 amide bonds. The van der Waals surface area contributed by atoms with E-state index in [2.05, 4.69) is 0 Å². The van der Waals surface area contributed by atoms with Crippen molar-refractivity contribution in [3.05, 3.63) is 60.2 Å². The standard InChI is InChI=1S/C16H19NO2/c1-18-14-7-9-15(10-8-14)19-12-11-16(17)13-5-3-2-4-6-13/h2-10,16H,11-12,17H2,1H3. The quantitative estimate of drug-likeness (QED) is 0.864. The maximum atomic E-state index is 6.10. The van der Waals surface area contributed by atoms with Gasteiger partial charge in [-0.3, -0.25) is 0 Å². The SMILES string of the molecule is COc1ccc(OCCC(N)c2ccccc2)cc1. The molecule has 100 valence electrons. The number of benzene rings is 2. The number of methoxy groups -OCH3 is 1. The van der Waals surface area contributed by atoms with E-state index in [0.29, 0.717) is 6.61 Å². The minimum absolute atomic E-state index is 0.0134. The number of hydrogen-bond acceptors (Lipinski definition) is 3. The highest BCUT2D eigenvalue weighted by Crippen LogP contribution is 2.18. The van der Waals surface area contributed by atoms with Crippen LogP contribution in [0.25, 0.3) is 0 Å². The monoisotopic (exact) mass is 257 g/mol. The Morgan fingerprint density at radius 3 is 2.21 bits per heavy atom. The lowest BCUT2D eigenvalue weighted by atomic mass is 10.1. The van der Waals surface area contributed by atoms with E-state index in [1.165, 1.54) is 0 Å². The average Bonchev–Trinajstić information content (AvgIpc) is 2.49. The Hall–Kier alpha value is -2.00. The predicted molar refractivity (Wildman–Crippen MR) is 76.5 cm³/mol. The zero-order valence-electron chi connectivity index (χ0n) is 11.1. The zero-order chi connectivity index (χ0) is 13.5. The number of rotatable bonds is 6. The maximum absolute atomic E-state index is 6.10. The highest BCUT2D eigenvalue weighted by atomic mass is 16.5. The minimum atomic E-state index is 0.0134. The van der Waals surface area contributed by atoms with Crippen molar-refractivity contribution in [3.8, 4) is 11.5 Å². The van der Waals surface area contributed by atoms with Crippen LogP contribution in [0, 0.1) is 0 Å². The van der Waals surface area contributed by atoms with E-state index in [9.17, 15) is 0 Å². The third kappa shape index (κ3) is 4.00. The van der Waals surface area contributed by atoms with E-state index in [4.69, 9.17) is 15.2 Å². The molecule has 3 heteroatoms. The summed E-state index contributed by atoms with van der Waals surface area (Å²) in [6.07, 6.45) is 0.788. The predicted octanol–water partition coefficient (Wildman–Crippen LogP) is 3.16. The lowest BCUT2D eigenvalue weighted by molar-refractivity contribution is 0.298. The second-order valence-electron chi connectivity index (χ2n) is 4.33. The first-order valence-corrected chi connectivity index (χ1v) is 6.37. The molecule has 0 aliphatic heterocycles. The van der Waals surface area contributed by atoms with Gasteiger partial charge in [-0.15, -0.1) is 0 Å². The Labute approximate surface area is 114 Å². The van der Waals surface area contributed by atoms with Gasteiger partial charge in [-0.05, 0) is 29.8 Å². The summed E-state index contributed by atoms with van der Waals surface area (Å²) < 4.78 is 10.8. The van der Waals surface area contributed by atoms with Gasteiger partial charge in [0.1, 0.15) is 11.5 Å². The van der Waals surface area contributed by atoms with Crippen LogP contribution in [-0.2, 0) is 0 Å². The summed E-state index contributed by atoms with van der Waals surface area (Å²) >= 11 is 0. The largest absolute Gasteiger partial charge is 0.497 e. The summed E-state index contributed by atoms with van der Waals surface area (Å²) in [5.74, 6) is 1.66. The van der Waals surface area contributed by atoms with Crippen LogP contribution in [-0.4, -0.2) is 13.7 Å². The highest BCUT2D eigenvalue weighted by Gasteiger charge is 2.05. The lowest BCUT2D eigenvalue weighted by Crippen LogP contribution is -2.14. The van der Waals surface area contributed by atoms with E-state index in [0.717, 1.165) is 23.5 Å². The van der Waals surface area contributed by atoms with Crippen LogP contribution in [0.4, 0.5) is 0 Å². The third-order valence-corrected chi connectivity index (χ3v) is 2.98. The normalized spacial score (nSPS) is 11.9. The van der Waals surface area contributed by atoms with Crippen molar-refractivity contribution < 1.29 is 9.47 Å². The average molecular weight is 257 g/mol. The van der Waals surface area contributed by atoms with Crippen LogP contribution in [0.3, 0.4) is 0 Å². The van der Waals surface area contributed by atoms with E-state index >= 15 is 0 Å². The van der Waals surface area contributed by atoms with Gasteiger partial charge < -0.3 is 15.2 Å². The maximum Gasteiger partial charge on any atom is 0.119 e. The van der Waals surface area contributed by atoms with Gasteiger partial charge in [0.2, 0.25) is 0 Å². The number of ether oxygens (including phenoxy) is 2. The van der Waals surface area contributed by atoms with Gasteiger partial charge in [-0.25, -0.2) is 0 Å². The summed E-state index contributed by atoms with van der Waals surface area (Å²) in [4.78, 5) is 0. The molecule has 2 rings (SSSR count). The molecule has 0 saturated carbocycles. The molecule has 2 aromatic carbocycles. The third-order valence-electron chi connectivity index (χ3n) is 2.98. The van der Waals surface area contributed by atoms with Gasteiger partial charge in [0, 0.05) is 12.5 Å². The van der Waals surface area contributed by atoms with Crippen molar-refractivity contribution >= 4 is 0 Å². The van der Waals surface area contributed by atoms with Gasteiger partial charge in [0.25, 0.3) is 0 Å². The fourth-order valence-electron chi connectivity index (χ4n) is 1.84. The van der Waals surface area contributed by atoms with Crippen molar-refractivity contribution in [2.75, 3.05) is 13.7 Å². The Bertz CT molecular complexity index is 482. The first-order valence-electron chi connectivity index (χ1n) is 6.37. The van der Waals surface area contributed by atoms with Crippen LogP contribution >= 0.6 is 0 Å². The molecule has 0 aliphatic carbocycles. The van der Waals surface area contributed by atoms with Crippen molar-refractivity contribution in [2.24, 2.45) is 5.73 Å². The van der Waals surface area contributed by atoms with Gasteiger partial charge >= 0.3 is 0 Å². The smallest absolute Gasteiger partial charge is 0.119 e. The van der Waals surface area contributed by atoms with Crippen LogP contribution in [0.15, 0.2) is 54.6 Å². The molecule has 0 radical (unpaired) electrons. The topological polar surface area (TPSA) is 44.5 Å². The zero-order valence-corrected chi connectivity index (χ0v) is 11.1. The second-order valence-corrected chi connectivity index (χ2v) is 4.33. The van der Waals surface area contributed by atoms with E-state index in [1.807, 2.05) is 54.6 Å². The Kier molecular flexibility index (Phi) is 4.81. The summed E-state index contributed by atoms with van der Waals surface area (Å²) in [6.45, 7) is 0.600. The fraction of sp³-hybridized carbons (Fsp3) is 0.250. The van der Waals surface area contributed by atoms with E-state index in [1.54, 1.807) is 7.11 Å².